The largest absolute Gasteiger partial charge is 0.497 e. The van der Waals surface area contributed by atoms with Gasteiger partial charge in [0.2, 0.25) is 5.75 Å². The van der Waals surface area contributed by atoms with Crippen molar-refractivity contribution in [1.29, 1.82) is 0 Å². The number of rotatable bonds is 10. The van der Waals surface area contributed by atoms with E-state index in [0.717, 1.165) is 11.7 Å². The van der Waals surface area contributed by atoms with Crippen molar-refractivity contribution in [1.82, 2.24) is 8.75 Å². The summed E-state index contributed by atoms with van der Waals surface area (Å²) in [6.45, 7) is 0. The molecule has 4 aromatic rings. The van der Waals surface area contributed by atoms with Crippen LogP contribution in [0, 0.1) is 0 Å². The minimum Gasteiger partial charge on any atom is -0.497 e. The molecule has 0 saturated carbocycles. The number of ketones is 1. The number of carbonyl (C=O) groups is 2. The standard InChI is InChI=1S/C27H24N2O7S/c1-33-18-7-5-6-15(10-18)11-19(24(27(31)32)16-8-9-20-21(12-16)29-37-28-20)25(30)17-13-22(34-2)26(36-4)23(14-17)35-3/h5-10,12-14H,11H2,1-4H3,(H,31,32). The maximum absolute atomic E-state index is 14.0. The molecule has 1 heterocycles. The molecule has 37 heavy (non-hydrogen) atoms. The molecule has 1 N–H and O–H groups in total. The predicted molar refractivity (Wildman–Crippen MR) is 139 cm³/mol. The molecule has 190 valence electrons. The number of carboxylic acids is 1. The third kappa shape index (κ3) is 5.24. The lowest BCUT2D eigenvalue weighted by Crippen LogP contribution is -2.14. The number of fused-ring (bicyclic) bond motifs is 1. The molecule has 0 atom stereocenters. The number of carbonyl (C=O) groups excluding carboxylic acids is 1. The number of carboxylic acid groups (broad SMARTS) is 1. The maximum Gasteiger partial charge on any atom is 0.336 e. The molecule has 0 amide bonds. The zero-order valence-electron chi connectivity index (χ0n) is 20.6. The van der Waals surface area contributed by atoms with Gasteiger partial charge in [-0.1, -0.05) is 18.2 Å². The predicted octanol–water partition coefficient (Wildman–Crippen LogP) is 4.69. The molecule has 0 aliphatic heterocycles. The van der Waals surface area contributed by atoms with Gasteiger partial charge in [-0.05, 0) is 47.5 Å². The van der Waals surface area contributed by atoms with E-state index < -0.39 is 11.8 Å². The third-order valence-corrected chi connectivity index (χ3v) is 6.33. The van der Waals surface area contributed by atoms with Gasteiger partial charge >= 0.3 is 5.97 Å². The average molecular weight is 521 g/mol. The lowest BCUT2D eigenvalue weighted by Gasteiger charge is -2.16. The first-order chi connectivity index (χ1) is 17.9. The third-order valence-electron chi connectivity index (χ3n) is 5.77. The second-order valence-corrected chi connectivity index (χ2v) is 8.43. The molecule has 9 nitrogen and oxygen atoms in total. The van der Waals surface area contributed by atoms with E-state index in [9.17, 15) is 14.7 Å². The molecule has 0 saturated heterocycles. The van der Waals surface area contributed by atoms with Gasteiger partial charge < -0.3 is 24.1 Å². The Balaban J connectivity index is 1.95. The molecule has 3 aromatic carbocycles. The van der Waals surface area contributed by atoms with Crippen molar-refractivity contribution >= 4 is 40.1 Å². The van der Waals surface area contributed by atoms with E-state index >= 15 is 0 Å². The van der Waals surface area contributed by atoms with Crippen molar-refractivity contribution < 1.29 is 33.6 Å². The van der Waals surface area contributed by atoms with Gasteiger partial charge in [0.25, 0.3) is 0 Å². The van der Waals surface area contributed by atoms with E-state index in [4.69, 9.17) is 18.9 Å². The van der Waals surface area contributed by atoms with Crippen LogP contribution in [0.3, 0.4) is 0 Å². The van der Waals surface area contributed by atoms with Crippen molar-refractivity contribution in [3.05, 3.63) is 76.9 Å². The van der Waals surface area contributed by atoms with Crippen LogP contribution in [0.15, 0.2) is 60.2 Å². The number of Topliss-reactive ketones (excluding diaryl/α,β-unsaturated/α-hetero) is 1. The van der Waals surface area contributed by atoms with Crippen molar-refractivity contribution in [2.75, 3.05) is 28.4 Å². The quantitative estimate of drug-likeness (QED) is 0.235. The highest BCUT2D eigenvalue weighted by atomic mass is 32.1. The smallest absolute Gasteiger partial charge is 0.336 e. The molecule has 0 radical (unpaired) electrons. The van der Waals surface area contributed by atoms with Crippen LogP contribution in [0.1, 0.15) is 21.5 Å². The molecule has 0 fully saturated rings. The minimum atomic E-state index is -1.25. The lowest BCUT2D eigenvalue weighted by molar-refractivity contribution is -0.130. The first kappa shape index (κ1) is 25.6. The van der Waals surface area contributed by atoms with Crippen LogP contribution in [0.5, 0.6) is 23.0 Å². The van der Waals surface area contributed by atoms with Gasteiger partial charge in [0.05, 0.1) is 45.7 Å². The summed E-state index contributed by atoms with van der Waals surface area (Å²) in [4.78, 5) is 26.7. The normalized spacial score (nSPS) is 11.6. The summed E-state index contributed by atoms with van der Waals surface area (Å²) in [5.41, 5.74) is 2.33. The van der Waals surface area contributed by atoms with E-state index in [1.54, 1.807) is 42.5 Å². The molecule has 0 aliphatic carbocycles. The van der Waals surface area contributed by atoms with Crippen molar-refractivity contribution in [3.63, 3.8) is 0 Å². The van der Waals surface area contributed by atoms with E-state index in [1.165, 1.54) is 40.6 Å². The fraction of sp³-hybridized carbons (Fsp3) is 0.185. The number of hydrogen-bond donors (Lipinski definition) is 1. The van der Waals surface area contributed by atoms with E-state index in [0.29, 0.717) is 33.7 Å². The Kier molecular flexibility index (Phi) is 7.69. The monoisotopic (exact) mass is 520 g/mol. The molecular weight excluding hydrogens is 496 g/mol. The molecule has 10 heteroatoms. The van der Waals surface area contributed by atoms with Crippen molar-refractivity contribution in [2.45, 2.75) is 6.42 Å². The van der Waals surface area contributed by atoms with Crippen LogP contribution in [-0.2, 0) is 11.2 Å². The number of allylic oxidation sites excluding steroid dienone is 1. The highest BCUT2D eigenvalue weighted by Gasteiger charge is 2.26. The zero-order valence-corrected chi connectivity index (χ0v) is 21.4. The highest BCUT2D eigenvalue weighted by molar-refractivity contribution is 7.00. The van der Waals surface area contributed by atoms with Crippen LogP contribution < -0.4 is 18.9 Å². The Hall–Kier alpha value is -4.44. The van der Waals surface area contributed by atoms with Crippen molar-refractivity contribution in [3.8, 4) is 23.0 Å². The van der Waals surface area contributed by atoms with Gasteiger partial charge in [-0.25, -0.2) is 4.79 Å². The maximum atomic E-state index is 14.0. The molecule has 0 aliphatic rings. The van der Waals surface area contributed by atoms with Gasteiger partial charge in [-0.15, -0.1) is 0 Å². The van der Waals surface area contributed by atoms with Gasteiger partial charge in [-0.2, -0.15) is 8.75 Å². The highest BCUT2D eigenvalue weighted by Crippen LogP contribution is 2.39. The minimum absolute atomic E-state index is 0.0294. The summed E-state index contributed by atoms with van der Waals surface area (Å²) < 4.78 is 29.9. The van der Waals surface area contributed by atoms with Crippen LogP contribution in [0.25, 0.3) is 16.6 Å². The molecule has 4 rings (SSSR count). The fourth-order valence-electron chi connectivity index (χ4n) is 4.02. The van der Waals surface area contributed by atoms with E-state index in [-0.39, 0.29) is 34.6 Å². The molecular formula is C27H24N2O7S. The summed E-state index contributed by atoms with van der Waals surface area (Å²) in [5, 5.41) is 10.3. The van der Waals surface area contributed by atoms with E-state index in [2.05, 4.69) is 8.75 Å². The number of hydrogen-bond acceptors (Lipinski definition) is 9. The number of aromatic nitrogens is 2. The second kappa shape index (κ2) is 11.1. The summed E-state index contributed by atoms with van der Waals surface area (Å²) >= 11 is 1.03. The van der Waals surface area contributed by atoms with Gasteiger partial charge in [0.1, 0.15) is 16.8 Å². The summed E-state index contributed by atoms with van der Waals surface area (Å²) in [6, 6.07) is 15.1. The summed E-state index contributed by atoms with van der Waals surface area (Å²) in [7, 11) is 5.88. The molecule has 0 spiro atoms. The Labute approximate surface area is 217 Å². The Bertz CT molecular complexity index is 1480. The molecule has 0 unspecified atom stereocenters. The van der Waals surface area contributed by atoms with Crippen LogP contribution in [0.4, 0.5) is 0 Å². The van der Waals surface area contributed by atoms with E-state index in [1.807, 2.05) is 0 Å². The fourth-order valence-corrected chi connectivity index (χ4v) is 4.54. The van der Waals surface area contributed by atoms with Gasteiger partial charge in [0, 0.05) is 17.6 Å². The topological polar surface area (TPSA) is 117 Å². The zero-order chi connectivity index (χ0) is 26.5. The van der Waals surface area contributed by atoms with Crippen LogP contribution in [-0.4, -0.2) is 54.0 Å². The molecule has 0 bridgehead atoms. The first-order valence-corrected chi connectivity index (χ1v) is 11.8. The molecule has 1 aromatic heterocycles. The number of methoxy groups -OCH3 is 4. The second-order valence-electron chi connectivity index (χ2n) is 7.90. The lowest BCUT2D eigenvalue weighted by atomic mass is 9.89. The van der Waals surface area contributed by atoms with Crippen molar-refractivity contribution in [2.24, 2.45) is 0 Å². The first-order valence-electron chi connectivity index (χ1n) is 11.1. The summed E-state index contributed by atoms with van der Waals surface area (Å²) in [6.07, 6.45) is 0.0294. The average Bonchev–Trinajstić information content (AvgIpc) is 3.39. The SMILES string of the molecule is COc1cccc(CC(C(=O)c2cc(OC)c(OC)c(OC)c2)=C(C(=O)O)c2ccc3nsnc3c2)c1. The number of ether oxygens (including phenoxy) is 4. The van der Waals surface area contributed by atoms with Crippen LogP contribution in [0.2, 0.25) is 0 Å². The number of aliphatic carboxylic acids is 1. The van der Waals surface area contributed by atoms with Crippen LogP contribution >= 0.6 is 11.7 Å². The Morgan fingerprint density at radius 3 is 2.14 bits per heavy atom. The number of nitrogens with zero attached hydrogens (tertiary/aromatic N) is 2. The Morgan fingerprint density at radius 2 is 1.51 bits per heavy atom. The summed E-state index contributed by atoms with van der Waals surface area (Å²) in [5.74, 6) is -0.295. The van der Waals surface area contributed by atoms with Gasteiger partial charge in [-0.3, -0.25) is 4.79 Å². The van der Waals surface area contributed by atoms with Gasteiger partial charge in [0.15, 0.2) is 17.3 Å². The number of benzene rings is 3. The Morgan fingerprint density at radius 1 is 0.811 bits per heavy atom.